The third-order valence-corrected chi connectivity index (χ3v) is 3.49. The SMILES string of the molecule is COC(=O)[C@@H](F)CN1CCC[C@@H]1c1ccc(O)cc1. The summed E-state index contributed by atoms with van der Waals surface area (Å²) in [7, 11) is 1.19. The number of carbonyl (C=O) groups excluding carboxylic acids is 1. The third-order valence-electron chi connectivity index (χ3n) is 3.49. The summed E-state index contributed by atoms with van der Waals surface area (Å²) in [6.45, 7) is 0.821. The summed E-state index contributed by atoms with van der Waals surface area (Å²) < 4.78 is 18.1. The Morgan fingerprint density at radius 3 is 2.84 bits per heavy atom. The van der Waals surface area contributed by atoms with Gasteiger partial charge < -0.3 is 9.84 Å². The molecular formula is C14H18FNO3. The maximum atomic E-state index is 13.6. The van der Waals surface area contributed by atoms with Gasteiger partial charge in [0.2, 0.25) is 6.17 Å². The van der Waals surface area contributed by atoms with Gasteiger partial charge in [0.1, 0.15) is 5.75 Å². The lowest BCUT2D eigenvalue weighted by molar-refractivity contribution is -0.147. The molecule has 1 aliphatic heterocycles. The fourth-order valence-electron chi connectivity index (χ4n) is 2.53. The Kier molecular flexibility index (Phi) is 4.37. The van der Waals surface area contributed by atoms with Crippen molar-refractivity contribution < 1.29 is 19.0 Å². The first-order valence-corrected chi connectivity index (χ1v) is 6.36. The summed E-state index contributed by atoms with van der Waals surface area (Å²) in [5.74, 6) is -0.609. The number of hydrogen-bond acceptors (Lipinski definition) is 4. The molecule has 0 unspecified atom stereocenters. The van der Waals surface area contributed by atoms with Crippen LogP contribution in [0.25, 0.3) is 0 Å². The summed E-state index contributed by atoms with van der Waals surface area (Å²) in [5.41, 5.74) is 1.03. The number of benzene rings is 1. The number of aromatic hydroxyl groups is 1. The molecule has 0 bridgehead atoms. The van der Waals surface area contributed by atoms with Crippen LogP contribution in [0.3, 0.4) is 0 Å². The molecule has 5 heteroatoms. The molecule has 0 radical (unpaired) electrons. The number of carbonyl (C=O) groups is 1. The van der Waals surface area contributed by atoms with Crippen molar-refractivity contribution in [2.75, 3.05) is 20.2 Å². The molecule has 2 atom stereocenters. The molecule has 0 saturated carbocycles. The fourth-order valence-corrected chi connectivity index (χ4v) is 2.53. The van der Waals surface area contributed by atoms with Crippen molar-refractivity contribution in [3.05, 3.63) is 29.8 Å². The van der Waals surface area contributed by atoms with Gasteiger partial charge in [0.25, 0.3) is 0 Å². The van der Waals surface area contributed by atoms with Crippen LogP contribution in [0.4, 0.5) is 4.39 Å². The van der Waals surface area contributed by atoms with E-state index in [-0.39, 0.29) is 18.3 Å². The highest BCUT2D eigenvalue weighted by atomic mass is 19.1. The molecule has 0 aromatic heterocycles. The summed E-state index contributed by atoms with van der Waals surface area (Å²) in [5, 5.41) is 9.28. The number of hydrogen-bond donors (Lipinski definition) is 1. The Balaban J connectivity index is 2.04. The van der Waals surface area contributed by atoms with Gasteiger partial charge in [0, 0.05) is 12.6 Å². The molecule has 1 saturated heterocycles. The van der Waals surface area contributed by atoms with Gasteiger partial charge in [-0.05, 0) is 37.1 Å². The highest BCUT2D eigenvalue weighted by Gasteiger charge is 2.30. The quantitative estimate of drug-likeness (QED) is 0.848. The number of phenolic OH excluding ortho intramolecular Hbond substituents is 1. The van der Waals surface area contributed by atoms with Gasteiger partial charge in [-0.3, -0.25) is 4.90 Å². The van der Waals surface area contributed by atoms with Gasteiger partial charge in [-0.2, -0.15) is 0 Å². The van der Waals surface area contributed by atoms with Gasteiger partial charge in [-0.15, -0.1) is 0 Å². The number of ether oxygens (including phenoxy) is 1. The van der Waals surface area contributed by atoms with E-state index in [0.29, 0.717) is 0 Å². The minimum atomic E-state index is -1.61. The van der Waals surface area contributed by atoms with E-state index in [0.717, 1.165) is 24.9 Å². The average Bonchev–Trinajstić information content (AvgIpc) is 2.86. The maximum absolute atomic E-state index is 13.6. The lowest BCUT2D eigenvalue weighted by atomic mass is 10.0. The Hall–Kier alpha value is -1.62. The van der Waals surface area contributed by atoms with Gasteiger partial charge in [-0.1, -0.05) is 12.1 Å². The van der Waals surface area contributed by atoms with Crippen molar-refractivity contribution >= 4 is 5.97 Å². The molecule has 1 aromatic rings. The molecule has 1 heterocycles. The predicted octanol–water partition coefficient (Wildman–Crippen LogP) is 2.04. The Labute approximate surface area is 111 Å². The number of rotatable bonds is 4. The molecule has 0 amide bonds. The van der Waals surface area contributed by atoms with Crippen LogP contribution in [0.1, 0.15) is 24.4 Å². The molecule has 0 spiro atoms. The van der Waals surface area contributed by atoms with Crippen LogP contribution < -0.4 is 0 Å². The van der Waals surface area contributed by atoms with E-state index < -0.39 is 12.1 Å². The second-order valence-corrected chi connectivity index (χ2v) is 4.74. The monoisotopic (exact) mass is 267 g/mol. The largest absolute Gasteiger partial charge is 0.508 e. The zero-order valence-electron chi connectivity index (χ0n) is 10.9. The van der Waals surface area contributed by atoms with Crippen LogP contribution in [0.2, 0.25) is 0 Å². The molecular weight excluding hydrogens is 249 g/mol. The average molecular weight is 267 g/mol. The lowest BCUT2D eigenvalue weighted by Crippen LogP contribution is -2.34. The number of alkyl halides is 1. The smallest absolute Gasteiger partial charge is 0.341 e. The van der Waals surface area contributed by atoms with Crippen molar-refractivity contribution in [3.63, 3.8) is 0 Å². The standard InChI is InChI=1S/C14H18FNO3/c1-19-14(18)12(15)9-16-8-2-3-13(16)10-4-6-11(17)7-5-10/h4-7,12-13,17H,2-3,8-9H2,1H3/t12-,13+/m0/s1. The number of methoxy groups -OCH3 is 1. The number of nitrogens with zero attached hydrogens (tertiary/aromatic N) is 1. The van der Waals surface area contributed by atoms with Crippen molar-refractivity contribution in [3.8, 4) is 5.75 Å². The van der Waals surface area contributed by atoms with Crippen molar-refractivity contribution in [1.82, 2.24) is 4.90 Å². The molecule has 1 aliphatic rings. The summed E-state index contributed by atoms with van der Waals surface area (Å²) in [6, 6.07) is 7.02. The van der Waals surface area contributed by atoms with E-state index in [1.807, 2.05) is 17.0 Å². The predicted molar refractivity (Wildman–Crippen MR) is 68.6 cm³/mol. The van der Waals surface area contributed by atoms with Gasteiger partial charge >= 0.3 is 5.97 Å². The van der Waals surface area contributed by atoms with Crippen LogP contribution in [0, 0.1) is 0 Å². The van der Waals surface area contributed by atoms with E-state index in [9.17, 15) is 14.3 Å². The minimum Gasteiger partial charge on any atom is -0.508 e. The summed E-state index contributed by atoms with van der Waals surface area (Å²) in [6.07, 6.45) is 0.292. The molecule has 1 aromatic carbocycles. The van der Waals surface area contributed by atoms with Crippen LogP contribution in [0.5, 0.6) is 5.75 Å². The first kappa shape index (κ1) is 13.8. The zero-order valence-corrected chi connectivity index (χ0v) is 10.9. The number of likely N-dealkylation sites (tertiary alicyclic amines) is 1. The number of halogens is 1. The Bertz CT molecular complexity index is 435. The number of phenols is 1. The van der Waals surface area contributed by atoms with Crippen LogP contribution in [0.15, 0.2) is 24.3 Å². The summed E-state index contributed by atoms with van der Waals surface area (Å²) in [4.78, 5) is 13.1. The van der Waals surface area contributed by atoms with Gasteiger partial charge in [0.15, 0.2) is 0 Å². The molecule has 4 nitrogen and oxygen atoms in total. The van der Waals surface area contributed by atoms with Crippen LogP contribution >= 0.6 is 0 Å². The Morgan fingerprint density at radius 1 is 1.53 bits per heavy atom. The molecule has 104 valence electrons. The summed E-state index contributed by atoms with van der Waals surface area (Å²) >= 11 is 0. The maximum Gasteiger partial charge on any atom is 0.341 e. The molecule has 0 aliphatic carbocycles. The van der Waals surface area contributed by atoms with Crippen LogP contribution in [-0.4, -0.2) is 42.3 Å². The van der Waals surface area contributed by atoms with E-state index in [1.54, 1.807) is 12.1 Å². The van der Waals surface area contributed by atoms with E-state index in [4.69, 9.17) is 0 Å². The van der Waals surface area contributed by atoms with Gasteiger partial charge in [-0.25, -0.2) is 9.18 Å². The fraction of sp³-hybridized carbons (Fsp3) is 0.500. The minimum absolute atomic E-state index is 0.0538. The second kappa shape index (κ2) is 6.02. The van der Waals surface area contributed by atoms with E-state index >= 15 is 0 Å². The van der Waals surface area contributed by atoms with E-state index in [1.165, 1.54) is 7.11 Å². The molecule has 1 fully saturated rings. The van der Waals surface area contributed by atoms with E-state index in [2.05, 4.69) is 4.74 Å². The van der Waals surface area contributed by atoms with Crippen LogP contribution in [-0.2, 0) is 9.53 Å². The third kappa shape index (κ3) is 3.23. The van der Waals surface area contributed by atoms with Crippen molar-refractivity contribution in [1.29, 1.82) is 0 Å². The first-order valence-electron chi connectivity index (χ1n) is 6.36. The first-order chi connectivity index (χ1) is 9.11. The van der Waals surface area contributed by atoms with Crippen molar-refractivity contribution in [2.24, 2.45) is 0 Å². The lowest BCUT2D eigenvalue weighted by Gasteiger charge is -2.25. The number of esters is 1. The van der Waals surface area contributed by atoms with Crippen molar-refractivity contribution in [2.45, 2.75) is 25.1 Å². The van der Waals surface area contributed by atoms with Gasteiger partial charge in [0.05, 0.1) is 7.11 Å². The zero-order chi connectivity index (χ0) is 13.8. The molecule has 2 rings (SSSR count). The normalized spacial score (nSPS) is 21.3. The molecule has 19 heavy (non-hydrogen) atoms. The Morgan fingerprint density at radius 2 is 2.21 bits per heavy atom. The highest BCUT2D eigenvalue weighted by Crippen LogP contribution is 2.32. The highest BCUT2D eigenvalue weighted by molar-refractivity contribution is 5.74. The molecule has 1 N–H and O–H groups in total. The topological polar surface area (TPSA) is 49.8 Å². The second-order valence-electron chi connectivity index (χ2n) is 4.74.